The summed E-state index contributed by atoms with van der Waals surface area (Å²) in [4.78, 5) is 40.6. The molecule has 3 rings (SSSR count). The molecule has 0 fully saturated rings. The SMILES string of the molecule is CB1OC(C)(C)c2cc(F)c(CC(=O)[C@@H](Cc3ccc(C(F)(F)F)cc3)NC(=O)[C@@H](N)CCC(=O)N(CCN)CCN)cc21. The summed E-state index contributed by atoms with van der Waals surface area (Å²) in [5.74, 6) is -2.19. The molecule has 2 aromatic rings. The number of hydrogen-bond donors (Lipinski definition) is 4. The number of halogens is 4. The van der Waals surface area contributed by atoms with E-state index in [1.54, 1.807) is 6.07 Å². The quantitative estimate of drug-likeness (QED) is 0.185. The van der Waals surface area contributed by atoms with Crippen molar-refractivity contribution in [1.82, 2.24) is 10.2 Å². The Balaban J connectivity index is 1.79. The Kier molecular flexibility index (Phi) is 11.7. The van der Waals surface area contributed by atoms with Crippen LogP contribution in [-0.2, 0) is 43.7 Å². The molecule has 44 heavy (non-hydrogen) atoms. The molecule has 1 aliphatic heterocycles. The fourth-order valence-electron chi connectivity index (χ4n) is 5.34. The highest BCUT2D eigenvalue weighted by atomic mass is 19.4. The molecule has 2 aromatic carbocycles. The largest absolute Gasteiger partial charge is 0.422 e. The van der Waals surface area contributed by atoms with Gasteiger partial charge in [-0.15, -0.1) is 0 Å². The normalized spacial score (nSPS) is 15.5. The van der Waals surface area contributed by atoms with Gasteiger partial charge in [0.25, 0.3) is 0 Å². The second kappa shape index (κ2) is 14.6. The molecule has 240 valence electrons. The molecular formula is C30H40BF4N5O4. The van der Waals surface area contributed by atoms with E-state index in [0.717, 1.165) is 17.6 Å². The van der Waals surface area contributed by atoms with Crippen molar-refractivity contribution in [2.24, 2.45) is 17.2 Å². The minimum absolute atomic E-state index is 0.0371. The molecule has 0 unspecified atom stereocenters. The van der Waals surface area contributed by atoms with Gasteiger partial charge in [-0.1, -0.05) is 25.0 Å². The monoisotopic (exact) mass is 621 g/mol. The molecule has 0 aliphatic carbocycles. The van der Waals surface area contributed by atoms with Gasteiger partial charge in [0.05, 0.1) is 23.2 Å². The number of fused-ring (bicyclic) bond motifs is 1. The topological polar surface area (TPSA) is 154 Å². The minimum Gasteiger partial charge on any atom is -0.422 e. The van der Waals surface area contributed by atoms with Crippen molar-refractivity contribution in [1.29, 1.82) is 0 Å². The second-order valence-corrected chi connectivity index (χ2v) is 11.5. The first-order valence-electron chi connectivity index (χ1n) is 14.5. The zero-order valence-corrected chi connectivity index (χ0v) is 25.2. The van der Waals surface area contributed by atoms with Gasteiger partial charge in [-0.2, -0.15) is 13.2 Å². The van der Waals surface area contributed by atoms with Crippen molar-refractivity contribution in [2.45, 2.75) is 70.2 Å². The van der Waals surface area contributed by atoms with E-state index in [-0.39, 0.29) is 50.7 Å². The molecule has 7 N–H and O–H groups in total. The number of amides is 2. The van der Waals surface area contributed by atoms with E-state index in [2.05, 4.69) is 5.32 Å². The fraction of sp³-hybridized carbons (Fsp3) is 0.500. The standard InChI is InChI=1S/C30H40BF4N5O4/c1-29(2)21-17-23(32)19(15-22(21)31(3)44-29)16-26(41)25(14-18-4-6-20(7-5-18)30(33,34)35)39-28(43)24(38)8-9-27(42)40(12-10-36)13-11-37/h4-7,15,17,24-25H,8-14,16,36-38H2,1-3H3,(H,39,43)/t24-,25+/m0/s1. The molecule has 2 atom stereocenters. The first kappa shape index (κ1) is 35.2. The Morgan fingerprint density at radius 2 is 1.68 bits per heavy atom. The number of ketones is 1. The number of hydrogen-bond acceptors (Lipinski definition) is 7. The first-order chi connectivity index (χ1) is 20.6. The number of benzene rings is 2. The maximum absolute atomic E-state index is 15.2. The van der Waals surface area contributed by atoms with E-state index in [4.69, 9.17) is 21.9 Å². The van der Waals surface area contributed by atoms with Crippen molar-refractivity contribution < 1.29 is 36.6 Å². The highest BCUT2D eigenvalue weighted by Crippen LogP contribution is 2.32. The van der Waals surface area contributed by atoms with Crippen LogP contribution >= 0.6 is 0 Å². The van der Waals surface area contributed by atoms with Crippen LogP contribution < -0.4 is 28.0 Å². The van der Waals surface area contributed by atoms with Crippen molar-refractivity contribution in [3.8, 4) is 0 Å². The lowest BCUT2D eigenvalue weighted by Gasteiger charge is -2.23. The van der Waals surface area contributed by atoms with E-state index in [0.29, 0.717) is 24.2 Å². The van der Waals surface area contributed by atoms with Crippen LogP contribution in [-0.4, -0.2) is 67.7 Å². The summed E-state index contributed by atoms with van der Waals surface area (Å²) in [5, 5.41) is 2.58. The van der Waals surface area contributed by atoms with Gasteiger partial charge in [0, 0.05) is 39.0 Å². The zero-order chi connectivity index (χ0) is 32.8. The van der Waals surface area contributed by atoms with Gasteiger partial charge in [0.15, 0.2) is 5.78 Å². The Morgan fingerprint density at radius 3 is 2.25 bits per heavy atom. The third-order valence-electron chi connectivity index (χ3n) is 7.72. The van der Waals surface area contributed by atoms with Crippen LogP contribution in [0.2, 0.25) is 6.82 Å². The number of nitrogens with two attached hydrogens (primary N) is 3. The maximum Gasteiger partial charge on any atom is 0.416 e. The lowest BCUT2D eigenvalue weighted by Crippen LogP contribution is -2.50. The molecule has 1 aliphatic rings. The van der Waals surface area contributed by atoms with Gasteiger partial charge in [-0.3, -0.25) is 14.4 Å². The maximum atomic E-state index is 15.2. The molecule has 0 radical (unpaired) electrons. The van der Waals surface area contributed by atoms with E-state index >= 15 is 4.39 Å². The second-order valence-electron chi connectivity index (χ2n) is 11.5. The summed E-state index contributed by atoms with van der Waals surface area (Å²) in [6, 6.07) is 4.71. The summed E-state index contributed by atoms with van der Waals surface area (Å²) in [6.45, 7) is 6.19. The molecule has 1 heterocycles. The van der Waals surface area contributed by atoms with E-state index < -0.39 is 53.4 Å². The van der Waals surface area contributed by atoms with E-state index in [1.807, 2.05) is 20.7 Å². The summed E-state index contributed by atoms with van der Waals surface area (Å²) in [6.07, 6.45) is -5.20. The van der Waals surface area contributed by atoms with Crippen LogP contribution in [0.1, 0.15) is 48.9 Å². The molecule has 14 heteroatoms. The lowest BCUT2D eigenvalue weighted by molar-refractivity contribution is -0.137. The zero-order valence-electron chi connectivity index (χ0n) is 25.2. The minimum atomic E-state index is -4.55. The number of carbonyl (C=O) groups is 3. The Morgan fingerprint density at radius 1 is 1.07 bits per heavy atom. The number of carbonyl (C=O) groups excluding carboxylic acids is 3. The number of nitrogens with zero attached hydrogens (tertiary/aromatic N) is 1. The average molecular weight is 621 g/mol. The van der Waals surface area contributed by atoms with Crippen LogP contribution in [0.5, 0.6) is 0 Å². The molecule has 0 aromatic heterocycles. The average Bonchev–Trinajstić information content (AvgIpc) is 3.17. The van der Waals surface area contributed by atoms with Gasteiger partial charge < -0.3 is 32.1 Å². The molecule has 0 spiro atoms. The molecule has 0 bridgehead atoms. The van der Waals surface area contributed by atoms with Gasteiger partial charge >= 0.3 is 13.1 Å². The Labute approximate surface area is 254 Å². The Hall–Kier alpha value is -3.33. The molecule has 9 nitrogen and oxygen atoms in total. The summed E-state index contributed by atoms with van der Waals surface area (Å²) >= 11 is 0. The van der Waals surface area contributed by atoms with E-state index in [1.165, 1.54) is 23.1 Å². The summed E-state index contributed by atoms with van der Waals surface area (Å²) in [5.41, 5.74) is 17.4. The third kappa shape index (κ3) is 8.87. The van der Waals surface area contributed by atoms with Gasteiger partial charge in [0.2, 0.25) is 11.8 Å². The van der Waals surface area contributed by atoms with Crippen molar-refractivity contribution in [3.05, 3.63) is 64.5 Å². The number of nitrogens with one attached hydrogen (secondary N) is 1. The first-order valence-corrected chi connectivity index (χ1v) is 14.5. The van der Waals surface area contributed by atoms with E-state index in [9.17, 15) is 27.6 Å². The van der Waals surface area contributed by atoms with Crippen molar-refractivity contribution in [2.75, 3.05) is 26.2 Å². The van der Waals surface area contributed by atoms with Crippen LogP contribution in [0.4, 0.5) is 17.6 Å². The highest BCUT2D eigenvalue weighted by molar-refractivity contribution is 6.67. The fourth-order valence-corrected chi connectivity index (χ4v) is 5.34. The highest BCUT2D eigenvalue weighted by Gasteiger charge is 2.39. The third-order valence-corrected chi connectivity index (χ3v) is 7.72. The summed E-state index contributed by atoms with van der Waals surface area (Å²) in [7, 11) is 0. The van der Waals surface area contributed by atoms with Gasteiger partial charge in [0.1, 0.15) is 5.82 Å². The lowest BCUT2D eigenvalue weighted by atomic mass is 9.63. The number of rotatable bonds is 14. The van der Waals surface area contributed by atoms with Crippen LogP contribution in [0.15, 0.2) is 36.4 Å². The van der Waals surface area contributed by atoms with Crippen LogP contribution in [0.25, 0.3) is 0 Å². The Bertz CT molecular complexity index is 1330. The van der Waals surface area contributed by atoms with Crippen LogP contribution in [0.3, 0.4) is 0 Å². The van der Waals surface area contributed by atoms with Crippen molar-refractivity contribution in [3.63, 3.8) is 0 Å². The predicted octanol–water partition coefficient (Wildman–Crippen LogP) is 1.63. The molecule has 0 saturated heterocycles. The van der Waals surface area contributed by atoms with Gasteiger partial charge in [-0.05, 0) is 67.0 Å². The van der Waals surface area contributed by atoms with Crippen molar-refractivity contribution >= 4 is 30.0 Å². The number of alkyl halides is 3. The summed E-state index contributed by atoms with van der Waals surface area (Å²) < 4.78 is 60.3. The molecule has 2 amide bonds. The molecular weight excluding hydrogens is 581 g/mol. The predicted molar refractivity (Wildman–Crippen MR) is 159 cm³/mol. The van der Waals surface area contributed by atoms with Crippen LogP contribution in [0, 0.1) is 5.82 Å². The smallest absolute Gasteiger partial charge is 0.416 e. The van der Waals surface area contributed by atoms with Gasteiger partial charge in [-0.25, -0.2) is 4.39 Å². The number of Topliss-reactive ketones (excluding diaryl/α,β-unsaturated/α-hetero) is 1. The molecule has 0 saturated carbocycles.